The third-order valence-electron chi connectivity index (χ3n) is 4.02. The molecule has 0 saturated heterocycles. The van der Waals surface area contributed by atoms with Gasteiger partial charge >= 0.3 is 11.4 Å². The molecule has 0 aromatic heterocycles. The topological polar surface area (TPSA) is 52.6 Å². The van der Waals surface area contributed by atoms with E-state index in [4.69, 9.17) is 16.3 Å². The third-order valence-corrected chi connectivity index (χ3v) is 4.11. The van der Waals surface area contributed by atoms with Crippen LogP contribution < -0.4 is 0 Å². The molecule has 23 heavy (non-hydrogen) atoms. The maximum absolute atomic E-state index is 11.4. The summed E-state index contributed by atoms with van der Waals surface area (Å²) in [7, 11) is 1.28. The van der Waals surface area contributed by atoms with E-state index in [2.05, 4.69) is 11.7 Å². The number of hydrogen-bond donors (Lipinski definition) is 0. The molecule has 136 valence electrons. The van der Waals surface area contributed by atoms with E-state index in [-0.39, 0.29) is 0 Å². The molecular formula is C18H33ClO4. The summed E-state index contributed by atoms with van der Waals surface area (Å²) in [6.45, 7) is 2.24. The van der Waals surface area contributed by atoms with Gasteiger partial charge in [-0.15, -0.1) is 0 Å². The highest BCUT2D eigenvalue weighted by molar-refractivity contribution is 6.61. The van der Waals surface area contributed by atoms with E-state index in [1.165, 1.54) is 64.9 Å². The largest absolute Gasteiger partial charge is 0.466 e. The third kappa shape index (κ3) is 14.5. The molecule has 0 aliphatic carbocycles. The van der Waals surface area contributed by atoms with Gasteiger partial charge in [-0.3, -0.25) is 0 Å². The van der Waals surface area contributed by atoms with Crippen molar-refractivity contribution in [1.29, 1.82) is 0 Å². The quantitative estimate of drug-likeness (QED) is 0.207. The van der Waals surface area contributed by atoms with Gasteiger partial charge in [-0.05, 0) is 12.8 Å². The number of carbonyl (C=O) groups excluding carboxylic acids is 2. The molecular weight excluding hydrogens is 316 g/mol. The van der Waals surface area contributed by atoms with Crippen LogP contribution in [0.3, 0.4) is 0 Å². The highest BCUT2D eigenvalue weighted by Gasteiger charge is 2.22. The minimum absolute atomic E-state index is 0.475. The van der Waals surface area contributed by atoms with Crippen molar-refractivity contribution in [3.63, 3.8) is 0 Å². The van der Waals surface area contributed by atoms with Gasteiger partial charge in [-0.25, -0.2) is 9.59 Å². The van der Waals surface area contributed by atoms with Gasteiger partial charge in [0.2, 0.25) is 0 Å². The normalized spacial score (nSPS) is 12.0. The average Bonchev–Trinajstić information content (AvgIpc) is 2.53. The molecule has 0 rings (SSSR count). The van der Waals surface area contributed by atoms with Crippen LogP contribution >= 0.6 is 11.6 Å². The van der Waals surface area contributed by atoms with Crippen molar-refractivity contribution in [2.75, 3.05) is 7.11 Å². The Hall–Kier alpha value is -0.770. The Morgan fingerprint density at radius 1 is 0.826 bits per heavy atom. The minimum atomic E-state index is -0.959. The highest BCUT2D eigenvalue weighted by atomic mass is 35.5. The molecule has 0 radical (unpaired) electrons. The van der Waals surface area contributed by atoms with Crippen LogP contribution in [0.2, 0.25) is 0 Å². The Kier molecular flexibility index (Phi) is 15.6. The standard InChI is InChI=1S/C18H33ClO4/c1-3-4-5-6-7-8-9-10-11-12-13-14-15-16(17(20)22-2)23-18(19)21/h16H,3-15H2,1-2H3. The number of halogens is 1. The van der Waals surface area contributed by atoms with Gasteiger partial charge in [0.15, 0.2) is 6.10 Å². The number of carbonyl (C=O) groups is 2. The van der Waals surface area contributed by atoms with Crippen LogP contribution in [0.4, 0.5) is 4.79 Å². The summed E-state index contributed by atoms with van der Waals surface area (Å²) in [5, 5.41) is 0. The summed E-state index contributed by atoms with van der Waals surface area (Å²) in [4.78, 5) is 22.2. The molecule has 0 aromatic rings. The van der Waals surface area contributed by atoms with Crippen molar-refractivity contribution in [1.82, 2.24) is 0 Å². The number of esters is 1. The van der Waals surface area contributed by atoms with Crippen LogP contribution in [0.5, 0.6) is 0 Å². The van der Waals surface area contributed by atoms with Crippen LogP contribution in [0, 0.1) is 0 Å². The van der Waals surface area contributed by atoms with Crippen LogP contribution in [0.1, 0.15) is 90.4 Å². The van der Waals surface area contributed by atoms with Gasteiger partial charge in [-0.1, -0.05) is 77.6 Å². The summed E-state index contributed by atoms with van der Waals surface area (Å²) in [6, 6.07) is 0. The average molecular weight is 349 g/mol. The maximum atomic E-state index is 11.4. The second-order valence-electron chi connectivity index (χ2n) is 6.05. The summed E-state index contributed by atoms with van der Waals surface area (Å²) in [5.74, 6) is -0.540. The van der Waals surface area contributed by atoms with E-state index in [1.54, 1.807) is 0 Å². The van der Waals surface area contributed by atoms with E-state index < -0.39 is 17.5 Å². The molecule has 0 aromatic carbocycles. The molecule has 0 aliphatic rings. The molecule has 4 nitrogen and oxygen atoms in total. The van der Waals surface area contributed by atoms with E-state index in [0.717, 1.165) is 19.3 Å². The fourth-order valence-electron chi connectivity index (χ4n) is 2.64. The Bertz CT molecular complexity index is 307. The van der Waals surface area contributed by atoms with E-state index in [0.29, 0.717) is 6.42 Å². The van der Waals surface area contributed by atoms with Crippen molar-refractivity contribution in [2.45, 2.75) is 96.5 Å². The van der Waals surface area contributed by atoms with Crippen molar-refractivity contribution in [3.05, 3.63) is 0 Å². The fourth-order valence-corrected chi connectivity index (χ4v) is 2.75. The van der Waals surface area contributed by atoms with E-state index in [9.17, 15) is 9.59 Å². The predicted molar refractivity (Wildman–Crippen MR) is 93.8 cm³/mol. The zero-order valence-corrected chi connectivity index (χ0v) is 15.5. The van der Waals surface area contributed by atoms with Crippen LogP contribution in [0.15, 0.2) is 0 Å². The lowest BCUT2D eigenvalue weighted by Gasteiger charge is -2.13. The Labute approximate surface area is 146 Å². The second kappa shape index (κ2) is 16.1. The molecule has 0 bridgehead atoms. The Morgan fingerprint density at radius 3 is 1.65 bits per heavy atom. The minimum Gasteiger partial charge on any atom is -0.466 e. The number of methoxy groups -OCH3 is 1. The van der Waals surface area contributed by atoms with Crippen molar-refractivity contribution >= 4 is 23.0 Å². The van der Waals surface area contributed by atoms with Crippen molar-refractivity contribution < 1.29 is 19.1 Å². The van der Waals surface area contributed by atoms with E-state index in [1.807, 2.05) is 0 Å². The Morgan fingerprint density at radius 2 is 1.26 bits per heavy atom. The number of ether oxygens (including phenoxy) is 2. The fraction of sp³-hybridized carbons (Fsp3) is 0.889. The molecule has 5 heteroatoms. The summed E-state index contributed by atoms with van der Waals surface area (Å²) >= 11 is 5.16. The molecule has 0 amide bonds. The lowest BCUT2D eigenvalue weighted by atomic mass is 10.0. The number of rotatable bonds is 15. The Balaban J connectivity index is 3.45. The zero-order chi connectivity index (χ0) is 17.3. The maximum Gasteiger partial charge on any atom is 0.404 e. The summed E-state index contributed by atoms with van der Waals surface area (Å²) in [6.07, 6.45) is 14.6. The smallest absolute Gasteiger partial charge is 0.404 e. The molecule has 0 saturated carbocycles. The summed E-state index contributed by atoms with van der Waals surface area (Å²) in [5.41, 5.74) is -0.959. The molecule has 1 atom stereocenters. The van der Waals surface area contributed by atoms with Crippen LogP contribution in [-0.4, -0.2) is 24.6 Å². The van der Waals surface area contributed by atoms with Gasteiger partial charge in [0.05, 0.1) is 7.11 Å². The first-order chi connectivity index (χ1) is 11.1. The predicted octanol–water partition coefficient (Wildman–Crippen LogP) is 5.99. The molecule has 0 fully saturated rings. The SMILES string of the molecule is CCCCCCCCCCCCCCC(OC(=O)Cl)C(=O)OC. The van der Waals surface area contributed by atoms with Crippen LogP contribution in [-0.2, 0) is 14.3 Å². The lowest BCUT2D eigenvalue weighted by molar-refractivity contribution is -0.150. The van der Waals surface area contributed by atoms with Crippen molar-refractivity contribution in [3.8, 4) is 0 Å². The van der Waals surface area contributed by atoms with Crippen LogP contribution in [0.25, 0.3) is 0 Å². The highest BCUT2D eigenvalue weighted by Crippen LogP contribution is 2.14. The van der Waals surface area contributed by atoms with Gasteiger partial charge in [0, 0.05) is 11.6 Å². The molecule has 1 unspecified atom stereocenters. The zero-order valence-electron chi connectivity index (χ0n) is 14.8. The molecule has 0 heterocycles. The first-order valence-electron chi connectivity index (χ1n) is 9.05. The summed E-state index contributed by atoms with van der Waals surface area (Å²) < 4.78 is 9.35. The molecule has 0 aliphatic heterocycles. The monoisotopic (exact) mass is 348 g/mol. The van der Waals surface area contributed by atoms with Gasteiger partial charge < -0.3 is 9.47 Å². The number of unbranched alkanes of at least 4 members (excludes halogenated alkanes) is 11. The van der Waals surface area contributed by atoms with Gasteiger partial charge in [0.25, 0.3) is 0 Å². The van der Waals surface area contributed by atoms with Crippen molar-refractivity contribution in [2.24, 2.45) is 0 Å². The number of hydrogen-bond acceptors (Lipinski definition) is 4. The first-order valence-corrected chi connectivity index (χ1v) is 9.43. The second-order valence-corrected chi connectivity index (χ2v) is 6.35. The molecule has 0 N–H and O–H groups in total. The van der Waals surface area contributed by atoms with E-state index >= 15 is 0 Å². The lowest BCUT2D eigenvalue weighted by Crippen LogP contribution is -2.26. The van der Waals surface area contributed by atoms with Gasteiger partial charge in [-0.2, -0.15) is 0 Å². The van der Waals surface area contributed by atoms with Gasteiger partial charge in [0.1, 0.15) is 0 Å². The first kappa shape index (κ1) is 22.2. The molecule has 0 spiro atoms.